The smallest absolute Gasteiger partial charge is 0.160 e. The maximum Gasteiger partial charge on any atom is 0.160 e. The Balaban J connectivity index is 1.86. The minimum absolute atomic E-state index is 0.0547. The van der Waals surface area contributed by atoms with E-state index in [4.69, 9.17) is 9.47 Å². The lowest BCUT2D eigenvalue weighted by Gasteiger charge is -2.36. The molecule has 6 nitrogen and oxygen atoms in total. The predicted octanol–water partition coefficient (Wildman–Crippen LogP) is 2.21. The van der Waals surface area contributed by atoms with Crippen molar-refractivity contribution < 1.29 is 24.8 Å². The molecule has 0 amide bonds. The van der Waals surface area contributed by atoms with Crippen molar-refractivity contribution in [2.45, 2.75) is 19.0 Å². The molecule has 3 N–H and O–H groups in total. The summed E-state index contributed by atoms with van der Waals surface area (Å²) in [5, 5.41) is 30.0. The van der Waals surface area contributed by atoms with E-state index in [0.29, 0.717) is 18.0 Å². The van der Waals surface area contributed by atoms with Crippen molar-refractivity contribution in [3.8, 4) is 23.0 Å². The third-order valence-corrected chi connectivity index (χ3v) is 4.71. The van der Waals surface area contributed by atoms with Crippen LogP contribution < -0.4 is 9.47 Å². The Morgan fingerprint density at radius 1 is 1.04 bits per heavy atom. The molecule has 0 aromatic heterocycles. The summed E-state index contributed by atoms with van der Waals surface area (Å²) in [6, 6.07) is 8.59. The molecular weight excluding hydrogens is 322 g/mol. The van der Waals surface area contributed by atoms with Crippen molar-refractivity contribution >= 4 is 0 Å². The summed E-state index contributed by atoms with van der Waals surface area (Å²) < 4.78 is 10.2. The first-order chi connectivity index (χ1) is 12.1. The predicted molar refractivity (Wildman–Crippen MR) is 93.3 cm³/mol. The lowest BCUT2D eigenvalue weighted by molar-refractivity contribution is 0.107. The zero-order chi connectivity index (χ0) is 18.0. The minimum atomic E-state index is -0.218. The molecule has 3 rings (SSSR count). The number of hydrogen-bond acceptors (Lipinski definition) is 6. The molecule has 2 aromatic carbocycles. The summed E-state index contributed by atoms with van der Waals surface area (Å²) in [6.45, 7) is 1.29. The summed E-state index contributed by atoms with van der Waals surface area (Å²) in [5.74, 6) is 1.05. The van der Waals surface area contributed by atoms with Gasteiger partial charge < -0.3 is 24.8 Å². The fraction of sp³-hybridized carbons (Fsp3) is 0.368. The van der Waals surface area contributed by atoms with Gasteiger partial charge in [0.05, 0.1) is 26.9 Å². The Bertz CT molecular complexity index is 762. The van der Waals surface area contributed by atoms with E-state index in [-0.39, 0.29) is 24.1 Å². The second-order valence-corrected chi connectivity index (χ2v) is 6.15. The van der Waals surface area contributed by atoms with Crippen molar-refractivity contribution in [2.75, 3.05) is 27.4 Å². The third kappa shape index (κ3) is 3.36. The van der Waals surface area contributed by atoms with Crippen molar-refractivity contribution in [1.29, 1.82) is 0 Å². The molecule has 1 heterocycles. The molecule has 1 aliphatic heterocycles. The maximum absolute atomic E-state index is 10.1. The molecule has 0 bridgehead atoms. The number of fused-ring (bicyclic) bond motifs is 1. The zero-order valence-corrected chi connectivity index (χ0v) is 14.4. The van der Waals surface area contributed by atoms with Gasteiger partial charge in [0.15, 0.2) is 23.0 Å². The number of benzene rings is 2. The molecule has 0 unspecified atom stereocenters. The number of ether oxygens (including phenoxy) is 2. The summed E-state index contributed by atoms with van der Waals surface area (Å²) in [6.07, 6.45) is 0.796. The van der Waals surface area contributed by atoms with Gasteiger partial charge in [-0.1, -0.05) is 6.07 Å². The number of nitrogens with zero attached hydrogens (tertiary/aromatic N) is 1. The number of methoxy groups -OCH3 is 2. The first-order valence-electron chi connectivity index (χ1n) is 8.18. The number of rotatable bonds is 5. The van der Waals surface area contributed by atoms with Crippen LogP contribution in [-0.2, 0) is 13.0 Å². The van der Waals surface area contributed by atoms with Gasteiger partial charge in [-0.3, -0.25) is 4.90 Å². The van der Waals surface area contributed by atoms with Crippen LogP contribution in [0.1, 0.15) is 22.7 Å². The number of aliphatic hydroxyl groups is 1. The van der Waals surface area contributed by atoms with Gasteiger partial charge in [-0.2, -0.15) is 0 Å². The number of aromatic hydroxyl groups is 2. The zero-order valence-electron chi connectivity index (χ0n) is 14.4. The van der Waals surface area contributed by atoms with Crippen LogP contribution in [0.5, 0.6) is 23.0 Å². The number of hydrogen-bond donors (Lipinski definition) is 3. The second-order valence-electron chi connectivity index (χ2n) is 6.15. The van der Waals surface area contributed by atoms with E-state index in [2.05, 4.69) is 4.90 Å². The molecule has 0 fully saturated rings. The molecule has 0 saturated carbocycles. The van der Waals surface area contributed by atoms with Crippen LogP contribution in [-0.4, -0.2) is 47.6 Å². The molecule has 25 heavy (non-hydrogen) atoms. The first kappa shape index (κ1) is 17.4. The van der Waals surface area contributed by atoms with Gasteiger partial charge in [-0.05, 0) is 47.4 Å². The lowest BCUT2D eigenvalue weighted by atomic mass is 9.91. The van der Waals surface area contributed by atoms with Crippen LogP contribution in [0.25, 0.3) is 0 Å². The van der Waals surface area contributed by atoms with Gasteiger partial charge in [-0.15, -0.1) is 0 Å². The highest BCUT2D eigenvalue weighted by Crippen LogP contribution is 2.38. The highest BCUT2D eigenvalue weighted by Gasteiger charge is 2.28. The molecule has 134 valence electrons. The Kier molecular flexibility index (Phi) is 5.01. The molecule has 0 radical (unpaired) electrons. The maximum atomic E-state index is 10.1. The summed E-state index contributed by atoms with van der Waals surface area (Å²) >= 11 is 0. The standard InChI is InChI=1S/C19H23NO5/c1-24-18-4-3-12(7-16(18)22)10-20-6-5-13-8-19(25-2)17(23)9-14(13)15(20)11-21/h3-4,7-9,15,21-23H,5-6,10-11H2,1-2H3/t15-/m1/s1. The molecule has 2 aromatic rings. The summed E-state index contributed by atoms with van der Waals surface area (Å²) in [5.41, 5.74) is 2.91. The normalized spacial score (nSPS) is 17.2. The van der Waals surface area contributed by atoms with E-state index < -0.39 is 0 Å². The second kappa shape index (κ2) is 7.21. The molecule has 0 aliphatic carbocycles. The molecule has 6 heteroatoms. The Labute approximate surface area is 146 Å². The van der Waals surface area contributed by atoms with Gasteiger partial charge >= 0.3 is 0 Å². The Morgan fingerprint density at radius 2 is 1.76 bits per heavy atom. The van der Waals surface area contributed by atoms with Gasteiger partial charge in [0.25, 0.3) is 0 Å². The van der Waals surface area contributed by atoms with Crippen molar-refractivity contribution in [3.63, 3.8) is 0 Å². The quantitative estimate of drug-likeness (QED) is 0.771. The summed E-state index contributed by atoms with van der Waals surface area (Å²) in [4.78, 5) is 2.13. The van der Waals surface area contributed by atoms with Crippen molar-refractivity contribution in [2.24, 2.45) is 0 Å². The van der Waals surface area contributed by atoms with Gasteiger partial charge in [0, 0.05) is 13.1 Å². The average Bonchev–Trinajstić information content (AvgIpc) is 2.61. The highest BCUT2D eigenvalue weighted by atomic mass is 16.5. The van der Waals surface area contributed by atoms with E-state index in [0.717, 1.165) is 29.7 Å². The largest absolute Gasteiger partial charge is 0.504 e. The monoisotopic (exact) mass is 345 g/mol. The fourth-order valence-corrected chi connectivity index (χ4v) is 3.40. The molecule has 0 saturated heterocycles. The molecule has 1 atom stereocenters. The topological polar surface area (TPSA) is 82.4 Å². The van der Waals surface area contributed by atoms with E-state index in [1.54, 1.807) is 18.2 Å². The summed E-state index contributed by atoms with van der Waals surface area (Å²) in [7, 11) is 3.04. The number of phenols is 2. The number of phenolic OH excluding ortho intramolecular Hbond substituents is 2. The van der Waals surface area contributed by atoms with Gasteiger partial charge in [0.1, 0.15) is 0 Å². The van der Waals surface area contributed by atoms with E-state index >= 15 is 0 Å². The molecule has 0 spiro atoms. The Morgan fingerprint density at radius 3 is 2.40 bits per heavy atom. The third-order valence-electron chi connectivity index (χ3n) is 4.71. The van der Waals surface area contributed by atoms with Gasteiger partial charge in [-0.25, -0.2) is 0 Å². The van der Waals surface area contributed by atoms with Crippen LogP contribution in [0.3, 0.4) is 0 Å². The van der Waals surface area contributed by atoms with Crippen LogP contribution in [0.4, 0.5) is 0 Å². The van der Waals surface area contributed by atoms with Crippen molar-refractivity contribution in [1.82, 2.24) is 4.90 Å². The minimum Gasteiger partial charge on any atom is -0.504 e. The number of aliphatic hydroxyl groups excluding tert-OH is 1. The molecular formula is C19H23NO5. The Hall–Kier alpha value is -2.44. The van der Waals surface area contributed by atoms with Crippen LogP contribution >= 0.6 is 0 Å². The van der Waals surface area contributed by atoms with Crippen LogP contribution in [0.2, 0.25) is 0 Å². The highest BCUT2D eigenvalue weighted by molar-refractivity contribution is 5.49. The van der Waals surface area contributed by atoms with E-state index in [1.165, 1.54) is 14.2 Å². The van der Waals surface area contributed by atoms with Crippen LogP contribution in [0, 0.1) is 0 Å². The van der Waals surface area contributed by atoms with Crippen LogP contribution in [0.15, 0.2) is 30.3 Å². The van der Waals surface area contributed by atoms with E-state index in [9.17, 15) is 15.3 Å². The SMILES string of the molecule is COc1ccc(CN2CCc3cc(OC)c(O)cc3[C@H]2CO)cc1O. The fourth-order valence-electron chi connectivity index (χ4n) is 3.40. The molecule has 1 aliphatic rings. The van der Waals surface area contributed by atoms with E-state index in [1.807, 2.05) is 12.1 Å². The lowest BCUT2D eigenvalue weighted by Crippen LogP contribution is -2.36. The van der Waals surface area contributed by atoms with Crippen molar-refractivity contribution in [3.05, 3.63) is 47.0 Å². The van der Waals surface area contributed by atoms with Gasteiger partial charge in [0.2, 0.25) is 0 Å². The average molecular weight is 345 g/mol. The first-order valence-corrected chi connectivity index (χ1v) is 8.18.